The van der Waals surface area contributed by atoms with E-state index in [1.54, 1.807) is 13.2 Å². The molecule has 0 spiro atoms. The van der Waals surface area contributed by atoms with Crippen LogP contribution < -0.4 is 5.32 Å². The number of nitrogens with zero attached hydrogens (tertiary/aromatic N) is 1. The maximum absolute atomic E-state index is 11.8. The quantitative estimate of drug-likeness (QED) is 0.766. The molecule has 0 saturated carbocycles. The number of hydrogen-bond acceptors (Lipinski definition) is 3. The van der Waals surface area contributed by atoms with Gasteiger partial charge in [0.2, 0.25) is 0 Å². The van der Waals surface area contributed by atoms with E-state index >= 15 is 0 Å². The number of rotatable bonds is 3. The van der Waals surface area contributed by atoms with Gasteiger partial charge in [0.25, 0.3) is 0 Å². The molecule has 1 heterocycles. The molecule has 15 heavy (non-hydrogen) atoms. The van der Waals surface area contributed by atoms with E-state index < -0.39 is 0 Å². The molecule has 0 unspecified atom stereocenters. The SMILES string of the molecule is CNCC(=O)c1cccc2cccnc12. The third-order valence-electron chi connectivity index (χ3n) is 2.27. The van der Waals surface area contributed by atoms with Gasteiger partial charge in [-0.15, -0.1) is 0 Å². The molecular formula is C12H12N2O. The summed E-state index contributed by atoms with van der Waals surface area (Å²) >= 11 is 0. The van der Waals surface area contributed by atoms with Gasteiger partial charge in [-0.05, 0) is 19.2 Å². The standard InChI is InChI=1S/C12H12N2O/c1-13-8-11(15)10-6-2-4-9-5-3-7-14-12(9)10/h2-7,13H,8H2,1H3. The van der Waals surface area contributed by atoms with Crippen LogP contribution in [-0.4, -0.2) is 24.4 Å². The number of benzene rings is 1. The summed E-state index contributed by atoms with van der Waals surface area (Å²) in [5, 5.41) is 3.85. The van der Waals surface area contributed by atoms with Crippen molar-refractivity contribution >= 4 is 16.7 Å². The van der Waals surface area contributed by atoms with E-state index in [-0.39, 0.29) is 5.78 Å². The van der Waals surface area contributed by atoms with Crippen molar-refractivity contribution in [3.8, 4) is 0 Å². The number of para-hydroxylation sites is 1. The maximum Gasteiger partial charge on any atom is 0.178 e. The Labute approximate surface area is 88.1 Å². The molecule has 0 saturated heterocycles. The van der Waals surface area contributed by atoms with E-state index in [2.05, 4.69) is 10.3 Å². The van der Waals surface area contributed by atoms with Crippen molar-refractivity contribution in [2.75, 3.05) is 13.6 Å². The van der Waals surface area contributed by atoms with E-state index in [0.29, 0.717) is 12.1 Å². The van der Waals surface area contributed by atoms with Crippen LogP contribution in [0.5, 0.6) is 0 Å². The Kier molecular flexibility index (Phi) is 2.74. The lowest BCUT2D eigenvalue weighted by Gasteiger charge is -2.03. The van der Waals surface area contributed by atoms with Crippen LogP contribution >= 0.6 is 0 Å². The Bertz CT molecular complexity index is 488. The van der Waals surface area contributed by atoms with Gasteiger partial charge in [-0.3, -0.25) is 9.78 Å². The third kappa shape index (κ3) is 1.87. The molecule has 0 atom stereocenters. The van der Waals surface area contributed by atoms with E-state index in [1.165, 1.54) is 0 Å². The number of ketones is 1. The summed E-state index contributed by atoms with van der Waals surface area (Å²) in [7, 11) is 1.76. The minimum atomic E-state index is 0.0711. The monoisotopic (exact) mass is 200 g/mol. The van der Waals surface area contributed by atoms with Gasteiger partial charge >= 0.3 is 0 Å². The summed E-state index contributed by atoms with van der Waals surface area (Å²) in [6.45, 7) is 0.343. The van der Waals surface area contributed by atoms with Crippen molar-refractivity contribution in [1.82, 2.24) is 10.3 Å². The van der Waals surface area contributed by atoms with Crippen LogP contribution in [0.2, 0.25) is 0 Å². The molecule has 76 valence electrons. The number of pyridine rings is 1. The number of hydrogen-bond donors (Lipinski definition) is 1. The Morgan fingerprint density at radius 1 is 1.33 bits per heavy atom. The number of nitrogens with one attached hydrogen (secondary N) is 1. The predicted molar refractivity (Wildman–Crippen MR) is 60.0 cm³/mol. The maximum atomic E-state index is 11.8. The highest BCUT2D eigenvalue weighted by molar-refractivity contribution is 6.07. The number of carbonyl (C=O) groups excluding carboxylic acids is 1. The van der Waals surface area contributed by atoms with E-state index in [0.717, 1.165) is 10.9 Å². The van der Waals surface area contributed by atoms with Crippen LogP contribution in [0.25, 0.3) is 10.9 Å². The van der Waals surface area contributed by atoms with Gasteiger partial charge in [0.05, 0.1) is 12.1 Å². The first kappa shape index (κ1) is 9.80. The van der Waals surface area contributed by atoms with E-state index in [4.69, 9.17) is 0 Å². The van der Waals surface area contributed by atoms with Gasteiger partial charge in [0.15, 0.2) is 5.78 Å². The Hall–Kier alpha value is -1.74. The lowest BCUT2D eigenvalue weighted by Crippen LogP contribution is -2.18. The fraction of sp³-hybridized carbons (Fsp3) is 0.167. The first-order valence-corrected chi connectivity index (χ1v) is 4.84. The van der Waals surface area contributed by atoms with Gasteiger partial charge in [-0.1, -0.05) is 18.2 Å². The van der Waals surface area contributed by atoms with Crippen LogP contribution in [0.3, 0.4) is 0 Å². The van der Waals surface area contributed by atoms with Crippen molar-refractivity contribution in [2.45, 2.75) is 0 Å². The van der Waals surface area contributed by atoms with Crippen LogP contribution in [0.1, 0.15) is 10.4 Å². The lowest BCUT2D eigenvalue weighted by atomic mass is 10.1. The summed E-state index contributed by atoms with van der Waals surface area (Å²) in [6, 6.07) is 9.48. The van der Waals surface area contributed by atoms with E-state index in [1.807, 2.05) is 30.3 Å². The topological polar surface area (TPSA) is 42.0 Å². The Morgan fingerprint density at radius 3 is 2.93 bits per heavy atom. The number of carbonyl (C=O) groups is 1. The van der Waals surface area contributed by atoms with Crippen LogP contribution in [0.4, 0.5) is 0 Å². The second kappa shape index (κ2) is 4.19. The number of fused-ring (bicyclic) bond motifs is 1. The van der Waals surface area contributed by atoms with Crippen molar-refractivity contribution in [3.05, 3.63) is 42.1 Å². The minimum absolute atomic E-state index is 0.0711. The molecule has 1 N–H and O–H groups in total. The highest BCUT2D eigenvalue weighted by Crippen LogP contribution is 2.15. The Balaban J connectivity index is 2.56. The van der Waals surface area contributed by atoms with Gasteiger partial charge in [0, 0.05) is 17.1 Å². The van der Waals surface area contributed by atoms with Gasteiger partial charge in [-0.2, -0.15) is 0 Å². The molecular weight excluding hydrogens is 188 g/mol. The van der Waals surface area contributed by atoms with Gasteiger partial charge in [-0.25, -0.2) is 0 Å². The summed E-state index contributed by atoms with van der Waals surface area (Å²) < 4.78 is 0. The fourth-order valence-electron chi connectivity index (χ4n) is 1.59. The molecule has 0 bridgehead atoms. The first-order valence-electron chi connectivity index (χ1n) is 4.84. The summed E-state index contributed by atoms with van der Waals surface area (Å²) in [5.41, 5.74) is 1.46. The molecule has 1 aromatic carbocycles. The van der Waals surface area contributed by atoms with Gasteiger partial charge < -0.3 is 5.32 Å². The number of likely N-dealkylation sites (N-methyl/N-ethyl adjacent to an activating group) is 1. The smallest absolute Gasteiger partial charge is 0.178 e. The molecule has 0 radical (unpaired) electrons. The molecule has 3 nitrogen and oxygen atoms in total. The Morgan fingerprint density at radius 2 is 2.13 bits per heavy atom. The molecule has 2 rings (SSSR count). The second-order valence-electron chi connectivity index (χ2n) is 3.33. The molecule has 0 amide bonds. The van der Waals surface area contributed by atoms with E-state index in [9.17, 15) is 4.79 Å². The lowest BCUT2D eigenvalue weighted by molar-refractivity contribution is 0.0995. The summed E-state index contributed by atoms with van der Waals surface area (Å²) in [5.74, 6) is 0.0711. The molecule has 1 aromatic heterocycles. The molecule has 0 fully saturated rings. The fourth-order valence-corrected chi connectivity index (χ4v) is 1.59. The second-order valence-corrected chi connectivity index (χ2v) is 3.33. The average Bonchev–Trinajstić information content (AvgIpc) is 2.28. The van der Waals surface area contributed by atoms with Crippen molar-refractivity contribution in [2.24, 2.45) is 0 Å². The van der Waals surface area contributed by atoms with Crippen LogP contribution in [-0.2, 0) is 0 Å². The first-order chi connectivity index (χ1) is 7.33. The number of aromatic nitrogens is 1. The molecule has 0 aliphatic heterocycles. The van der Waals surface area contributed by atoms with Crippen molar-refractivity contribution < 1.29 is 4.79 Å². The minimum Gasteiger partial charge on any atom is -0.313 e. The molecule has 3 heteroatoms. The number of Topliss-reactive ketones (excluding diaryl/α,β-unsaturated/α-hetero) is 1. The zero-order chi connectivity index (χ0) is 10.7. The normalized spacial score (nSPS) is 10.5. The predicted octanol–water partition coefficient (Wildman–Crippen LogP) is 1.64. The zero-order valence-electron chi connectivity index (χ0n) is 8.53. The summed E-state index contributed by atoms with van der Waals surface area (Å²) in [6.07, 6.45) is 1.71. The van der Waals surface area contributed by atoms with Gasteiger partial charge in [0.1, 0.15) is 0 Å². The largest absolute Gasteiger partial charge is 0.313 e. The highest BCUT2D eigenvalue weighted by atomic mass is 16.1. The summed E-state index contributed by atoms with van der Waals surface area (Å²) in [4.78, 5) is 16.0. The van der Waals surface area contributed by atoms with Crippen LogP contribution in [0.15, 0.2) is 36.5 Å². The molecule has 0 aliphatic rings. The van der Waals surface area contributed by atoms with Crippen LogP contribution in [0, 0.1) is 0 Å². The highest BCUT2D eigenvalue weighted by Gasteiger charge is 2.08. The zero-order valence-corrected chi connectivity index (χ0v) is 8.53. The molecule has 2 aromatic rings. The third-order valence-corrected chi connectivity index (χ3v) is 2.27. The van der Waals surface area contributed by atoms with Crippen molar-refractivity contribution in [1.29, 1.82) is 0 Å². The van der Waals surface area contributed by atoms with Crippen molar-refractivity contribution in [3.63, 3.8) is 0 Å². The molecule has 0 aliphatic carbocycles. The average molecular weight is 200 g/mol.